The van der Waals surface area contributed by atoms with E-state index in [4.69, 9.17) is 4.74 Å². The molecule has 0 bridgehead atoms. The molecule has 55 heavy (non-hydrogen) atoms. The first-order valence-electron chi connectivity index (χ1n) is 23.1. The smallest absolute Gasteiger partial charge is 0.306 e. The third kappa shape index (κ3) is 38.2. The van der Waals surface area contributed by atoms with Gasteiger partial charge in [-0.15, -0.1) is 0 Å². The molecule has 0 aliphatic heterocycles. The lowest BCUT2D eigenvalue weighted by atomic mass is 10.0. The summed E-state index contributed by atoms with van der Waals surface area (Å²) >= 11 is 0. The third-order valence-corrected chi connectivity index (χ3v) is 10.1. The molecule has 0 radical (unpaired) electrons. The zero-order chi connectivity index (χ0) is 40.3. The van der Waals surface area contributed by atoms with E-state index in [1.165, 1.54) is 83.5 Å². The van der Waals surface area contributed by atoms with Crippen LogP contribution in [-0.2, 0) is 14.3 Å². The van der Waals surface area contributed by atoms with E-state index >= 15 is 0 Å². The quantitative estimate of drug-likeness (QED) is 0.0250. The Hall–Kier alpha value is -2.44. The molecule has 3 unspecified atom stereocenters. The molecule has 3 atom stereocenters. The van der Waals surface area contributed by atoms with Gasteiger partial charge in [-0.25, -0.2) is 0 Å². The minimum atomic E-state index is -0.799. The predicted molar refractivity (Wildman–Crippen MR) is 236 cm³/mol. The van der Waals surface area contributed by atoms with Crippen molar-refractivity contribution in [3.05, 3.63) is 60.8 Å². The van der Waals surface area contributed by atoms with Crippen molar-refractivity contribution in [1.82, 2.24) is 5.32 Å². The van der Waals surface area contributed by atoms with Gasteiger partial charge in [0.15, 0.2) is 0 Å². The van der Waals surface area contributed by atoms with Crippen LogP contribution in [0.5, 0.6) is 0 Å². The molecule has 0 aliphatic carbocycles. The summed E-state index contributed by atoms with van der Waals surface area (Å²) in [6.07, 6.45) is 51.3. The molecule has 0 saturated heterocycles. The monoisotopic (exact) mass is 770 g/mol. The van der Waals surface area contributed by atoms with E-state index in [1.54, 1.807) is 0 Å². The summed E-state index contributed by atoms with van der Waals surface area (Å²) in [4.78, 5) is 25.9. The average Bonchev–Trinajstić information content (AvgIpc) is 3.18. The lowest BCUT2D eigenvalue weighted by molar-refractivity contribution is -0.151. The Morgan fingerprint density at radius 1 is 0.527 bits per heavy atom. The number of ether oxygens (including phenoxy) is 1. The second kappa shape index (κ2) is 42.7. The number of hydrogen-bond acceptors (Lipinski definition) is 5. The average molecular weight is 770 g/mol. The van der Waals surface area contributed by atoms with E-state index in [-0.39, 0.29) is 24.9 Å². The van der Waals surface area contributed by atoms with Crippen molar-refractivity contribution in [2.24, 2.45) is 0 Å². The highest BCUT2D eigenvalue weighted by Gasteiger charge is 2.24. The van der Waals surface area contributed by atoms with Crippen LogP contribution in [0.4, 0.5) is 0 Å². The first kappa shape index (κ1) is 52.6. The van der Waals surface area contributed by atoms with Crippen molar-refractivity contribution in [2.45, 2.75) is 232 Å². The largest absolute Gasteiger partial charge is 0.462 e. The number of allylic oxidation sites excluding steroid dienone is 10. The molecule has 0 aromatic rings. The number of rotatable bonds is 40. The van der Waals surface area contributed by atoms with Crippen LogP contribution in [0, 0.1) is 0 Å². The molecule has 0 aromatic carbocycles. The summed E-state index contributed by atoms with van der Waals surface area (Å²) < 4.78 is 5.87. The number of hydrogen-bond donors (Lipinski definition) is 3. The number of amides is 1. The van der Waals surface area contributed by atoms with Crippen LogP contribution in [0.3, 0.4) is 0 Å². The first-order valence-corrected chi connectivity index (χ1v) is 23.1. The van der Waals surface area contributed by atoms with Crippen LogP contribution >= 0.6 is 0 Å². The lowest BCUT2D eigenvalue weighted by Gasteiger charge is -2.24. The summed E-state index contributed by atoms with van der Waals surface area (Å²) in [5.74, 6) is -0.529. The highest BCUT2D eigenvalue weighted by Crippen LogP contribution is 2.17. The van der Waals surface area contributed by atoms with Crippen molar-refractivity contribution in [3.8, 4) is 0 Å². The zero-order valence-electron chi connectivity index (χ0n) is 36.0. The topological polar surface area (TPSA) is 95.9 Å². The predicted octanol–water partition coefficient (Wildman–Crippen LogP) is 13.3. The third-order valence-electron chi connectivity index (χ3n) is 10.1. The van der Waals surface area contributed by atoms with E-state index in [0.717, 1.165) is 83.5 Å². The Kier molecular flexibility index (Phi) is 40.8. The van der Waals surface area contributed by atoms with Crippen molar-refractivity contribution < 1.29 is 24.5 Å². The van der Waals surface area contributed by atoms with E-state index < -0.39 is 18.2 Å². The maximum absolute atomic E-state index is 13.1. The van der Waals surface area contributed by atoms with Gasteiger partial charge in [-0.1, -0.05) is 191 Å². The van der Waals surface area contributed by atoms with E-state index in [1.807, 2.05) is 6.08 Å². The molecule has 0 rings (SSSR count). The number of nitrogens with one attached hydrogen (secondary N) is 1. The number of aliphatic hydroxyl groups excluding tert-OH is 2. The molecule has 6 nitrogen and oxygen atoms in total. The van der Waals surface area contributed by atoms with Gasteiger partial charge in [-0.05, 0) is 70.6 Å². The molecule has 0 aromatic heterocycles. The molecule has 0 saturated carbocycles. The van der Waals surface area contributed by atoms with Gasteiger partial charge in [0.05, 0.1) is 25.2 Å². The molecular weight excluding hydrogens is 683 g/mol. The Morgan fingerprint density at radius 2 is 0.982 bits per heavy atom. The van der Waals surface area contributed by atoms with Crippen molar-refractivity contribution in [2.75, 3.05) is 6.61 Å². The maximum atomic E-state index is 13.1. The summed E-state index contributed by atoms with van der Waals surface area (Å²) in [5, 5.41) is 23.6. The van der Waals surface area contributed by atoms with Crippen LogP contribution in [-0.4, -0.2) is 46.9 Å². The number of aliphatic hydroxyl groups is 2. The van der Waals surface area contributed by atoms with Crippen molar-refractivity contribution >= 4 is 11.9 Å². The molecule has 3 N–H and O–H groups in total. The SMILES string of the molecule is CCC/C=C\CCCCCCCC(=O)OC(CCCCC/C=C/C=C/C=C/C=C/CCCCC)CC(=O)NC(CO)C(O)CCCCCCCCCCCC. The van der Waals surface area contributed by atoms with Crippen molar-refractivity contribution in [1.29, 1.82) is 0 Å². The zero-order valence-corrected chi connectivity index (χ0v) is 36.0. The molecule has 318 valence electrons. The second-order valence-electron chi connectivity index (χ2n) is 15.5. The highest BCUT2D eigenvalue weighted by atomic mass is 16.5. The fraction of sp³-hybridized carbons (Fsp3) is 0.755. The molecule has 6 heteroatoms. The van der Waals surface area contributed by atoms with Gasteiger partial charge in [-0.3, -0.25) is 9.59 Å². The fourth-order valence-corrected chi connectivity index (χ4v) is 6.62. The van der Waals surface area contributed by atoms with Gasteiger partial charge in [0, 0.05) is 6.42 Å². The van der Waals surface area contributed by atoms with E-state index in [2.05, 4.69) is 80.8 Å². The Bertz CT molecular complexity index is 999. The molecule has 0 heterocycles. The number of unbranched alkanes of at least 4 members (excludes halogenated alkanes) is 21. The lowest BCUT2D eigenvalue weighted by Crippen LogP contribution is -2.46. The summed E-state index contributed by atoms with van der Waals surface area (Å²) in [6, 6.07) is -0.715. The normalized spacial score (nSPS) is 13.9. The van der Waals surface area contributed by atoms with E-state index in [0.29, 0.717) is 19.3 Å². The number of carbonyl (C=O) groups excluding carboxylic acids is 2. The maximum Gasteiger partial charge on any atom is 0.306 e. The molecule has 0 fully saturated rings. The summed E-state index contributed by atoms with van der Waals surface area (Å²) in [7, 11) is 0. The Morgan fingerprint density at radius 3 is 1.58 bits per heavy atom. The minimum Gasteiger partial charge on any atom is -0.462 e. The molecule has 0 aliphatic rings. The van der Waals surface area contributed by atoms with Gasteiger partial charge in [0.25, 0.3) is 0 Å². The molecule has 0 spiro atoms. The van der Waals surface area contributed by atoms with Gasteiger partial charge in [0.2, 0.25) is 5.91 Å². The van der Waals surface area contributed by atoms with Gasteiger partial charge < -0.3 is 20.3 Å². The Labute approximate surface area is 339 Å². The molecule has 1 amide bonds. The number of carbonyl (C=O) groups is 2. The van der Waals surface area contributed by atoms with Gasteiger partial charge in [0.1, 0.15) is 6.10 Å². The van der Waals surface area contributed by atoms with Crippen molar-refractivity contribution in [3.63, 3.8) is 0 Å². The van der Waals surface area contributed by atoms with Crippen LogP contribution in [0.25, 0.3) is 0 Å². The van der Waals surface area contributed by atoms with Crippen LogP contribution < -0.4 is 5.32 Å². The van der Waals surface area contributed by atoms with E-state index in [9.17, 15) is 19.8 Å². The van der Waals surface area contributed by atoms with Gasteiger partial charge in [-0.2, -0.15) is 0 Å². The summed E-state index contributed by atoms with van der Waals surface area (Å²) in [5.41, 5.74) is 0. The first-order chi connectivity index (χ1) is 27.0. The Balaban J connectivity index is 4.72. The highest BCUT2D eigenvalue weighted by molar-refractivity contribution is 5.77. The number of esters is 1. The second-order valence-corrected chi connectivity index (χ2v) is 15.5. The minimum absolute atomic E-state index is 0.0465. The fourth-order valence-electron chi connectivity index (χ4n) is 6.62. The summed E-state index contributed by atoms with van der Waals surface area (Å²) in [6.45, 7) is 6.34. The van der Waals surface area contributed by atoms with Gasteiger partial charge >= 0.3 is 5.97 Å². The van der Waals surface area contributed by atoms with Crippen LogP contribution in [0.2, 0.25) is 0 Å². The molecular formula is C49H87NO5. The van der Waals surface area contributed by atoms with Crippen LogP contribution in [0.15, 0.2) is 60.8 Å². The van der Waals surface area contributed by atoms with Crippen LogP contribution in [0.1, 0.15) is 213 Å². The standard InChI is InChI=1S/C49H87NO5/c1-4-7-10-13-16-19-22-23-24-25-26-27-28-31-34-37-40-45(55-49(54)42-39-36-33-30-21-18-15-12-9-6-3)43-48(53)50-46(44-51)47(52)41-38-35-32-29-20-17-14-11-8-5-2/h12,15-16,19,22-27,45-47,51-52H,4-11,13-14,17-18,20-21,28-44H2,1-3H3,(H,50,53)/b15-12-,19-16+,23-22+,25-24+,27-26+.